The maximum atomic E-state index is 12.9. The zero-order valence-electron chi connectivity index (χ0n) is 9.68. The fourth-order valence-electron chi connectivity index (χ4n) is 1.89. The highest BCUT2D eigenvalue weighted by molar-refractivity contribution is 5.27. The van der Waals surface area contributed by atoms with Gasteiger partial charge in [0.1, 0.15) is 5.82 Å². The van der Waals surface area contributed by atoms with Crippen LogP contribution in [0.3, 0.4) is 0 Å². The molecule has 0 radical (unpaired) electrons. The summed E-state index contributed by atoms with van der Waals surface area (Å²) in [7, 11) is 0. The maximum Gasteiger partial charge on any atom is 0.123 e. The van der Waals surface area contributed by atoms with E-state index in [1.807, 2.05) is 20.8 Å². The lowest BCUT2D eigenvalue weighted by molar-refractivity contribution is 0.0504. The Morgan fingerprint density at radius 1 is 1.40 bits per heavy atom. The molecule has 0 aliphatic heterocycles. The third-order valence-corrected chi connectivity index (χ3v) is 2.66. The van der Waals surface area contributed by atoms with Crippen LogP contribution >= 0.6 is 0 Å². The second-order valence-corrected chi connectivity index (χ2v) is 4.49. The number of aryl methyl sites for hydroxylation is 1. The van der Waals surface area contributed by atoms with Crippen LogP contribution in [0.25, 0.3) is 0 Å². The van der Waals surface area contributed by atoms with Gasteiger partial charge in [-0.05, 0) is 43.5 Å². The average molecular weight is 210 g/mol. The van der Waals surface area contributed by atoms with Gasteiger partial charge in [-0.2, -0.15) is 0 Å². The van der Waals surface area contributed by atoms with Crippen molar-refractivity contribution < 1.29 is 9.50 Å². The lowest BCUT2D eigenvalue weighted by Crippen LogP contribution is -2.27. The molecule has 0 aliphatic carbocycles. The quantitative estimate of drug-likeness (QED) is 0.809. The smallest absolute Gasteiger partial charge is 0.123 e. The summed E-state index contributed by atoms with van der Waals surface area (Å²) >= 11 is 0. The van der Waals surface area contributed by atoms with E-state index in [9.17, 15) is 9.50 Å². The van der Waals surface area contributed by atoms with Gasteiger partial charge in [0, 0.05) is 6.42 Å². The Labute approximate surface area is 90.9 Å². The van der Waals surface area contributed by atoms with Gasteiger partial charge in [-0.1, -0.05) is 19.4 Å². The summed E-state index contributed by atoms with van der Waals surface area (Å²) in [6, 6.07) is 4.72. The molecule has 0 aromatic heterocycles. The zero-order valence-corrected chi connectivity index (χ0v) is 9.68. The summed E-state index contributed by atoms with van der Waals surface area (Å²) in [5.41, 5.74) is 1.25. The first-order valence-electron chi connectivity index (χ1n) is 5.42. The molecule has 0 bridgehead atoms. The summed E-state index contributed by atoms with van der Waals surface area (Å²) < 4.78 is 12.9. The van der Waals surface area contributed by atoms with Crippen molar-refractivity contribution >= 4 is 0 Å². The molecule has 1 nitrogen and oxygen atoms in total. The fraction of sp³-hybridized carbons (Fsp3) is 0.538. The van der Waals surface area contributed by atoms with Crippen molar-refractivity contribution in [3.05, 3.63) is 35.1 Å². The molecule has 1 aromatic carbocycles. The van der Waals surface area contributed by atoms with Crippen molar-refractivity contribution in [3.8, 4) is 0 Å². The summed E-state index contributed by atoms with van der Waals surface area (Å²) in [5.74, 6) is -0.216. The first-order valence-corrected chi connectivity index (χ1v) is 5.42. The molecule has 1 rings (SSSR count). The second kappa shape index (κ2) is 4.75. The van der Waals surface area contributed by atoms with E-state index in [1.54, 1.807) is 6.07 Å². The maximum absolute atomic E-state index is 12.9. The van der Waals surface area contributed by atoms with Gasteiger partial charge < -0.3 is 5.11 Å². The molecule has 0 amide bonds. The average Bonchev–Trinajstić information content (AvgIpc) is 2.09. The van der Waals surface area contributed by atoms with Crippen LogP contribution < -0.4 is 0 Å². The molecule has 1 unspecified atom stereocenters. The molecule has 1 aromatic rings. The highest BCUT2D eigenvalue weighted by atomic mass is 19.1. The van der Waals surface area contributed by atoms with Crippen LogP contribution in [0.4, 0.5) is 4.39 Å². The summed E-state index contributed by atoms with van der Waals surface area (Å²) in [5, 5.41) is 10.1. The first-order chi connectivity index (χ1) is 6.94. The van der Waals surface area contributed by atoms with E-state index in [1.165, 1.54) is 12.1 Å². The molecule has 84 valence electrons. The predicted octanol–water partition coefficient (Wildman–Crippen LogP) is 3.23. The van der Waals surface area contributed by atoms with Gasteiger partial charge in [0.2, 0.25) is 0 Å². The van der Waals surface area contributed by atoms with E-state index >= 15 is 0 Å². The fourth-order valence-corrected chi connectivity index (χ4v) is 1.89. The number of hydrogen-bond acceptors (Lipinski definition) is 1. The number of halogens is 1. The van der Waals surface area contributed by atoms with Gasteiger partial charge in [0.25, 0.3) is 0 Å². The van der Waals surface area contributed by atoms with Crippen LogP contribution in [0.15, 0.2) is 18.2 Å². The van der Waals surface area contributed by atoms with Crippen LogP contribution in [0, 0.1) is 12.7 Å². The Hall–Kier alpha value is -0.890. The van der Waals surface area contributed by atoms with Crippen molar-refractivity contribution in [2.45, 2.75) is 45.6 Å². The molecular formula is C13H19FO. The Morgan fingerprint density at radius 2 is 2.07 bits per heavy atom. The lowest BCUT2D eigenvalue weighted by atomic mass is 9.90. The van der Waals surface area contributed by atoms with Gasteiger partial charge in [-0.25, -0.2) is 4.39 Å². The van der Waals surface area contributed by atoms with Crippen molar-refractivity contribution in [2.24, 2.45) is 0 Å². The third-order valence-electron chi connectivity index (χ3n) is 2.66. The van der Waals surface area contributed by atoms with Crippen molar-refractivity contribution in [3.63, 3.8) is 0 Å². The molecule has 1 N–H and O–H groups in total. The Bertz CT molecular complexity index is 331. The number of rotatable bonds is 4. The van der Waals surface area contributed by atoms with Gasteiger partial charge in [0.05, 0.1) is 5.60 Å². The minimum atomic E-state index is -0.683. The normalized spacial score (nSPS) is 15.0. The highest BCUT2D eigenvalue weighted by Gasteiger charge is 2.20. The molecule has 0 saturated heterocycles. The molecule has 2 heteroatoms. The Morgan fingerprint density at radius 3 is 2.60 bits per heavy atom. The Kier molecular flexibility index (Phi) is 3.86. The van der Waals surface area contributed by atoms with Gasteiger partial charge in [0.15, 0.2) is 0 Å². The van der Waals surface area contributed by atoms with Crippen LogP contribution in [0.2, 0.25) is 0 Å². The van der Waals surface area contributed by atoms with E-state index in [-0.39, 0.29) is 5.82 Å². The Balaban J connectivity index is 2.80. The first kappa shape index (κ1) is 12.2. The minimum Gasteiger partial charge on any atom is -0.390 e. The van der Waals surface area contributed by atoms with E-state index in [0.29, 0.717) is 6.42 Å². The molecule has 0 spiro atoms. The predicted molar refractivity (Wildman–Crippen MR) is 60.4 cm³/mol. The molecule has 0 fully saturated rings. The van der Waals surface area contributed by atoms with Crippen molar-refractivity contribution in [1.82, 2.24) is 0 Å². The van der Waals surface area contributed by atoms with E-state index in [0.717, 1.165) is 24.0 Å². The molecule has 1 atom stereocenters. The number of hydrogen-bond donors (Lipinski definition) is 1. The molecule has 0 saturated carbocycles. The van der Waals surface area contributed by atoms with Crippen LogP contribution in [-0.4, -0.2) is 10.7 Å². The largest absolute Gasteiger partial charge is 0.390 e. The second-order valence-electron chi connectivity index (χ2n) is 4.49. The van der Waals surface area contributed by atoms with Crippen LogP contribution in [-0.2, 0) is 6.42 Å². The lowest BCUT2D eigenvalue weighted by Gasteiger charge is -2.23. The number of benzene rings is 1. The summed E-state index contributed by atoms with van der Waals surface area (Å²) in [6.45, 7) is 5.76. The third kappa shape index (κ3) is 3.63. The van der Waals surface area contributed by atoms with Crippen molar-refractivity contribution in [2.75, 3.05) is 0 Å². The highest BCUT2D eigenvalue weighted by Crippen LogP contribution is 2.21. The monoisotopic (exact) mass is 210 g/mol. The number of aliphatic hydroxyl groups is 1. The van der Waals surface area contributed by atoms with E-state index < -0.39 is 5.60 Å². The van der Waals surface area contributed by atoms with Crippen molar-refractivity contribution in [1.29, 1.82) is 0 Å². The van der Waals surface area contributed by atoms with Gasteiger partial charge in [-0.3, -0.25) is 0 Å². The van der Waals surface area contributed by atoms with Crippen LogP contribution in [0.1, 0.15) is 37.8 Å². The molecule has 0 aliphatic rings. The SMILES string of the molecule is CCCC(C)(O)Cc1ccc(F)cc1C. The summed E-state index contributed by atoms with van der Waals surface area (Å²) in [4.78, 5) is 0. The van der Waals surface area contributed by atoms with E-state index in [2.05, 4.69) is 0 Å². The summed E-state index contributed by atoms with van der Waals surface area (Å²) in [6.07, 6.45) is 2.31. The zero-order chi connectivity index (χ0) is 11.5. The van der Waals surface area contributed by atoms with Crippen LogP contribution in [0.5, 0.6) is 0 Å². The van der Waals surface area contributed by atoms with Gasteiger partial charge >= 0.3 is 0 Å². The topological polar surface area (TPSA) is 20.2 Å². The molecule has 0 heterocycles. The van der Waals surface area contributed by atoms with E-state index in [4.69, 9.17) is 0 Å². The van der Waals surface area contributed by atoms with Gasteiger partial charge in [-0.15, -0.1) is 0 Å². The minimum absolute atomic E-state index is 0.216. The molecule has 15 heavy (non-hydrogen) atoms. The molecular weight excluding hydrogens is 191 g/mol. The standard InChI is InChI=1S/C13H19FO/c1-4-7-13(3,15)9-11-5-6-12(14)8-10(11)2/h5-6,8,15H,4,7,9H2,1-3H3.